The van der Waals surface area contributed by atoms with Gasteiger partial charge in [0, 0.05) is 5.56 Å². The van der Waals surface area contributed by atoms with Gasteiger partial charge in [0.15, 0.2) is 16.6 Å². The van der Waals surface area contributed by atoms with Gasteiger partial charge in [0.1, 0.15) is 30.5 Å². The molecule has 1 atom stereocenters. The van der Waals surface area contributed by atoms with Crippen LogP contribution in [0.2, 0.25) is 0 Å². The van der Waals surface area contributed by atoms with Gasteiger partial charge >= 0.3 is 5.91 Å². The van der Waals surface area contributed by atoms with E-state index in [2.05, 4.69) is 13.8 Å². The van der Waals surface area contributed by atoms with E-state index in [0.717, 1.165) is 11.1 Å². The molecule has 6 rings (SSSR count). The van der Waals surface area contributed by atoms with E-state index in [4.69, 9.17) is 23.9 Å². The number of anilines is 1. The van der Waals surface area contributed by atoms with Gasteiger partial charge in [-0.2, -0.15) is 0 Å². The summed E-state index contributed by atoms with van der Waals surface area (Å²) < 4.78 is 23.8. The molecule has 4 aromatic rings. The lowest BCUT2D eigenvalue weighted by molar-refractivity contribution is -0.132. The smallest absolute Gasteiger partial charge is 0.301 e. The largest absolute Gasteiger partial charge is 0.507 e. The molecule has 3 aromatic carbocycles. The first-order valence-electron chi connectivity index (χ1n) is 14.3. The predicted molar refractivity (Wildman–Crippen MR) is 164 cm³/mol. The molecule has 1 saturated heterocycles. The first-order chi connectivity index (χ1) is 20.8. The number of carbonyl (C=O) groups is 2. The molecule has 10 heteroatoms. The number of thiazole rings is 1. The zero-order valence-electron chi connectivity index (χ0n) is 24.2. The SMILES string of the molecule is CCOc1ccc2nc(N3C(=O)C(=O)/C(=C(/O)c4ccc5c(c4)OCCO5)[C@H]3c3cccc(OCCC(C)C)c3)sc2c1. The molecule has 43 heavy (non-hydrogen) atoms. The topological polar surface area (TPSA) is 107 Å². The summed E-state index contributed by atoms with van der Waals surface area (Å²) in [6.07, 6.45) is 0.877. The Balaban J connectivity index is 1.47. The van der Waals surface area contributed by atoms with Crippen molar-refractivity contribution in [2.24, 2.45) is 5.92 Å². The summed E-state index contributed by atoms with van der Waals surface area (Å²) >= 11 is 1.28. The first-order valence-corrected chi connectivity index (χ1v) is 15.1. The van der Waals surface area contributed by atoms with Crippen molar-refractivity contribution in [3.05, 3.63) is 77.4 Å². The fraction of sp³-hybridized carbons (Fsp3) is 0.303. The van der Waals surface area contributed by atoms with Crippen LogP contribution < -0.4 is 23.8 Å². The van der Waals surface area contributed by atoms with E-state index in [1.165, 1.54) is 16.2 Å². The number of Topliss-reactive ketones (excluding diaryl/α,β-unsaturated/α-hetero) is 1. The minimum absolute atomic E-state index is 0.0460. The number of amides is 1. The fourth-order valence-electron chi connectivity index (χ4n) is 5.13. The van der Waals surface area contributed by atoms with Gasteiger partial charge in [-0.05, 0) is 73.4 Å². The molecule has 3 heterocycles. The maximum Gasteiger partial charge on any atom is 0.301 e. The van der Waals surface area contributed by atoms with E-state index in [9.17, 15) is 14.7 Å². The van der Waals surface area contributed by atoms with Crippen molar-refractivity contribution in [3.8, 4) is 23.0 Å². The summed E-state index contributed by atoms with van der Waals surface area (Å²) in [7, 11) is 0. The number of carbonyl (C=O) groups excluding carboxylic acids is 2. The predicted octanol–water partition coefficient (Wildman–Crippen LogP) is 6.52. The Labute approximate surface area is 253 Å². The Morgan fingerprint density at radius 3 is 2.60 bits per heavy atom. The molecular weight excluding hydrogens is 568 g/mol. The molecule has 2 aliphatic rings. The van der Waals surface area contributed by atoms with Crippen LogP contribution in [0, 0.1) is 5.92 Å². The lowest BCUT2D eigenvalue weighted by Gasteiger charge is -2.24. The average Bonchev–Trinajstić information content (AvgIpc) is 3.54. The number of aromatic nitrogens is 1. The highest BCUT2D eigenvalue weighted by atomic mass is 32.1. The molecule has 0 spiro atoms. The summed E-state index contributed by atoms with van der Waals surface area (Å²) in [4.78, 5) is 33.5. The van der Waals surface area contributed by atoms with Crippen molar-refractivity contribution in [2.45, 2.75) is 33.2 Å². The molecule has 1 fully saturated rings. The third-order valence-corrected chi connectivity index (χ3v) is 8.28. The molecule has 2 aliphatic heterocycles. The Bertz CT molecular complexity index is 1730. The normalized spacial score (nSPS) is 17.6. The lowest BCUT2D eigenvalue weighted by atomic mass is 9.95. The van der Waals surface area contributed by atoms with Crippen molar-refractivity contribution in [1.82, 2.24) is 4.98 Å². The summed E-state index contributed by atoms with van der Waals surface area (Å²) in [6.45, 7) is 7.99. The number of rotatable bonds is 9. The summed E-state index contributed by atoms with van der Waals surface area (Å²) in [5, 5.41) is 12.0. The molecule has 0 radical (unpaired) electrons. The molecule has 0 bridgehead atoms. The van der Waals surface area contributed by atoms with Gasteiger partial charge < -0.3 is 24.1 Å². The van der Waals surface area contributed by atoms with Crippen LogP contribution in [0.25, 0.3) is 16.0 Å². The number of aliphatic hydroxyl groups excluding tert-OH is 1. The van der Waals surface area contributed by atoms with Crippen LogP contribution in [0.5, 0.6) is 23.0 Å². The Morgan fingerprint density at radius 2 is 1.81 bits per heavy atom. The number of aliphatic hydroxyl groups is 1. The molecule has 0 unspecified atom stereocenters. The number of ether oxygens (including phenoxy) is 4. The third kappa shape index (κ3) is 5.62. The average molecular weight is 601 g/mol. The number of nitrogens with zero attached hydrogens (tertiary/aromatic N) is 2. The number of fused-ring (bicyclic) bond motifs is 2. The first kappa shape index (κ1) is 28.5. The van der Waals surface area contributed by atoms with Crippen LogP contribution in [-0.2, 0) is 9.59 Å². The highest BCUT2D eigenvalue weighted by Crippen LogP contribution is 2.46. The lowest BCUT2D eigenvalue weighted by Crippen LogP contribution is -2.29. The third-order valence-electron chi connectivity index (χ3n) is 7.26. The molecule has 0 saturated carbocycles. The number of benzene rings is 3. The van der Waals surface area contributed by atoms with Gasteiger partial charge in [0.05, 0.1) is 35.0 Å². The minimum Gasteiger partial charge on any atom is -0.507 e. The van der Waals surface area contributed by atoms with Gasteiger partial charge in [-0.3, -0.25) is 14.5 Å². The van der Waals surface area contributed by atoms with Gasteiger partial charge in [0.25, 0.3) is 5.78 Å². The zero-order valence-corrected chi connectivity index (χ0v) is 25.0. The van der Waals surface area contributed by atoms with Crippen molar-refractivity contribution in [2.75, 3.05) is 31.3 Å². The highest BCUT2D eigenvalue weighted by Gasteiger charge is 2.48. The molecule has 1 N–H and O–H groups in total. The van der Waals surface area contributed by atoms with Gasteiger partial charge in [-0.15, -0.1) is 0 Å². The summed E-state index contributed by atoms with van der Waals surface area (Å²) in [6, 6.07) is 16.8. The van der Waals surface area contributed by atoms with Crippen LogP contribution in [0.4, 0.5) is 5.13 Å². The second-order valence-corrected chi connectivity index (χ2v) is 11.7. The standard InChI is InChI=1S/C33H32N2O7S/c1-4-39-23-9-10-24-27(18-23)43-33(34-24)35-29(20-6-5-7-22(16-20)40-13-12-19(2)3)28(31(37)32(35)38)30(36)21-8-11-25-26(17-21)42-15-14-41-25/h5-11,16-19,29,36H,4,12-15H2,1-3H3/b30-28+/t29-/m1/s1. The van der Waals surface area contributed by atoms with E-state index >= 15 is 0 Å². The van der Waals surface area contributed by atoms with E-state index < -0.39 is 17.7 Å². The van der Waals surface area contributed by atoms with Gasteiger partial charge in [0.2, 0.25) is 0 Å². The Morgan fingerprint density at radius 1 is 1.02 bits per heavy atom. The molecule has 9 nitrogen and oxygen atoms in total. The van der Waals surface area contributed by atoms with Gasteiger partial charge in [-0.1, -0.05) is 37.3 Å². The maximum atomic E-state index is 13.7. The summed E-state index contributed by atoms with van der Waals surface area (Å²) in [5.74, 6) is 0.876. The van der Waals surface area contributed by atoms with Crippen molar-refractivity contribution < 1.29 is 33.6 Å². The molecule has 1 amide bonds. The van der Waals surface area contributed by atoms with Crippen LogP contribution in [-0.4, -0.2) is 48.2 Å². The molecule has 0 aliphatic carbocycles. The highest BCUT2D eigenvalue weighted by molar-refractivity contribution is 7.22. The van der Waals surface area contributed by atoms with E-state index in [-0.39, 0.29) is 11.3 Å². The zero-order chi connectivity index (χ0) is 30.1. The Hall–Kier alpha value is -4.57. The Kier molecular flexibility index (Phi) is 7.94. The second-order valence-electron chi connectivity index (χ2n) is 10.7. The maximum absolute atomic E-state index is 13.7. The van der Waals surface area contributed by atoms with E-state index in [1.807, 2.05) is 49.4 Å². The molecule has 1 aromatic heterocycles. The number of hydrogen-bond donors (Lipinski definition) is 1. The van der Waals surface area contributed by atoms with Crippen molar-refractivity contribution in [1.29, 1.82) is 0 Å². The van der Waals surface area contributed by atoms with E-state index in [0.29, 0.717) is 77.1 Å². The van der Waals surface area contributed by atoms with Crippen molar-refractivity contribution in [3.63, 3.8) is 0 Å². The molecule has 222 valence electrons. The number of hydrogen-bond acceptors (Lipinski definition) is 9. The van der Waals surface area contributed by atoms with Crippen LogP contribution in [0.3, 0.4) is 0 Å². The quantitative estimate of drug-likeness (QED) is 0.132. The van der Waals surface area contributed by atoms with Crippen LogP contribution in [0.1, 0.15) is 44.4 Å². The van der Waals surface area contributed by atoms with Crippen LogP contribution >= 0.6 is 11.3 Å². The summed E-state index contributed by atoms with van der Waals surface area (Å²) in [5.41, 5.74) is 1.56. The monoisotopic (exact) mass is 600 g/mol. The van der Waals surface area contributed by atoms with Crippen LogP contribution in [0.15, 0.2) is 66.2 Å². The van der Waals surface area contributed by atoms with Gasteiger partial charge in [-0.25, -0.2) is 4.98 Å². The minimum atomic E-state index is -0.950. The second kappa shape index (κ2) is 12.0. The number of ketones is 1. The fourth-order valence-corrected chi connectivity index (χ4v) is 6.15. The van der Waals surface area contributed by atoms with Crippen molar-refractivity contribution >= 4 is 44.1 Å². The van der Waals surface area contributed by atoms with E-state index in [1.54, 1.807) is 18.2 Å². The molecular formula is C33H32N2O7S.